The van der Waals surface area contributed by atoms with Gasteiger partial charge in [-0.3, -0.25) is 4.79 Å². The van der Waals surface area contributed by atoms with Crippen molar-refractivity contribution < 1.29 is 4.79 Å². The maximum atomic E-state index is 12.6. The van der Waals surface area contributed by atoms with Crippen LogP contribution in [0.1, 0.15) is 29.4 Å². The van der Waals surface area contributed by atoms with Crippen LogP contribution < -0.4 is 4.90 Å². The Labute approximate surface area is 129 Å². The highest BCUT2D eigenvalue weighted by molar-refractivity contribution is 5.92. The number of nitrogens with zero attached hydrogens (tertiary/aromatic N) is 6. The standard InChI is InChI=1S/C15H20N6O/c1-19(2)14-6-5-13(17-18-14)15(22)20-8-3-4-12(10-20)21-9-7-16-11-21/h5-7,9,11-12H,3-4,8,10H2,1-2H3/t12-/m1/s1. The summed E-state index contributed by atoms with van der Waals surface area (Å²) >= 11 is 0. The Hall–Kier alpha value is -2.44. The quantitative estimate of drug-likeness (QED) is 0.852. The maximum absolute atomic E-state index is 12.6. The second-order valence-electron chi connectivity index (χ2n) is 5.73. The molecule has 1 amide bonds. The van der Waals surface area contributed by atoms with Crippen LogP contribution in [-0.2, 0) is 0 Å². The summed E-state index contributed by atoms with van der Waals surface area (Å²) in [5.41, 5.74) is 0.400. The average Bonchev–Trinajstić information content (AvgIpc) is 3.09. The highest BCUT2D eigenvalue weighted by Gasteiger charge is 2.26. The van der Waals surface area contributed by atoms with E-state index in [1.165, 1.54) is 0 Å². The molecular formula is C15H20N6O. The van der Waals surface area contributed by atoms with Gasteiger partial charge in [-0.1, -0.05) is 0 Å². The van der Waals surface area contributed by atoms with Crippen LogP contribution in [0.3, 0.4) is 0 Å². The van der Waals surface area contributed by atoms with Crippen molar-refractivity contribution in [1.82, 2.24) is 24.6 Å². The first kappa shape index (κ1) is 14.5. The third kappa shape index (κ3) is 2.93. The largest absolute Gasteiger partial charge is 0.361 e. The minimum atomic E-state index is -0.0531. The Morgan fingerprint density at radius 2 is 2.18 bits per heavy atom. The summed E-state index contributed by atoms with van der Waals surface area (Å²) in [7, 11) is 3.79. The monoisotopic (exact) mass is 300 g/mol. The molecule has 1 atom stereocenters. The fourth-order valence-corrected chi connectivity index (χ4v) is 2.71. The molecule has 0 aromatic carbocycles. The molecule has 7 nitrogen and oxygen atoms in total. The van der Waals surface area contributed by atoms with Gasteiger partial charge in [0.05, 0.1) is 12.4 Å². The van der Waals surface area contributed by atoms with Crippen LogP contribution in [0, 0.1) is 0 Å². The van der Waals surface area contributed by atoms with Gasteiger partial charge in [0.2, 0.25) is 0 Å². The number of anilines is 1. The Bertz CT molecular complexity index is 622. The third-order valence-electron chi connectivity index (χ3n) is 3.96. The van der Waals surface area contributed by atoms with Gasteiger partial charge in [-0.15, -0.1) is 10.2 Å². The second kappa shape index (κ2) is 6.13. The summed E-state index contributed by atoms with van der Waals surface area (Å²) in [6, 6.07) is 3.84. The van der Waals surface area contributed by atoms with Crippen molar-refractivity contribution in [2.75, 3.05) is 32.1 Å². The van der Waals surface area contributed by atoms with Crippen LogP contribution in [0.2, 0.25) is 0 Å². The molecule has 1 aliphatic heterocycles. The van der Waals surface area contributed by atoms with Gasteiger partial charge in [0.15, 0.2) is 11.5 Å². The minimum Gasteiger partial charge on any atom is -0.361 e. The lowest BCUT2D eigenvalue weighted by atomic mass is 10.1. The molecule has 1 saturated heterocycles. The van der Waals surface area contributed by atoms with Crippen molar-refractivity contribution in [2.45, 2.75) is 18.9 Å². The molecule has 0 aliphatic carbocycles. The summed E-state index contributed by atoms with van der Waals surface area (Å²) in [5.74, 6) is 0.689. The molecule has 7 heteroatoms. The van der Waals surface area contributed by atoms with E-state index in [1.807, 2.05) is 42.5 Å². The van der Waals surface area contributed by atoms with Crippen molar-refractivity contribution >= 4 is 11.7 Å². The molecule has 22 heavy (non-hydrogen) atoms. The van der Waals surface area contributed by atoms with Gasteiger partial charge in [-0.2, -0.15) is 0 Å². The first-order chi connectivity index (χ1) is 10.6. The van der Waals surface area contributed by atoms with E-state index in [1.54, 1.807) is 12.3 Å². The maximum Gasteiger partial charge on any atom is 0.274 e. The molecule has 2 aromatic rings. The van der Waals surface area contributed by atoms with Crippen molar-refractivity contribution in [1.29, 1.82) is 0 Å². The molecule has 0 unspecified atom stereocenters. The predicted molar refractivity (Wildman–Crippen MR) is 82.8 cm³/mol. The molecule has 0 bridgehead atoms. The van der Waals surface area contributed by atoms with Crippen LogP contribution in [0.5, 0.6) is 0 Å². The van der Waals surface area contributed by atoms with E-state index in [4.69, 9.17) is 0 Å². The highest BCUT2D eigenvalue weighted by Crippen LogP contribution is 2.22. The number of hydrogen-bond donors (Lipinski definition) is 0. The summed E-state index contributed by atoms with van der Waals surface area (Å²) in [6.45, 7) is 1.45. The van der Waals surface area contributed by atoms with Gasteiger partial charge >= 0.3 is 0 Å². The van der Waals surface area contributed by atoms with E-state index in [2.05, 4.69) is 19.7 Å². The molecule has 2 aromatic heterocycles. The van der Waals surface area contributed by atoms with E-state index in [-0.39, 0.29) is 11.9 Å². The normalized spacial score (nSPS) is 18.3. The lowest BCUT2D eigenvalue weighted by molar-refractivity contribution is 0.0672. The Morgan fingerprint density at radius 1 is 1.32 bits per heavy atom. The van der Waals surface area contributed by atoms with Gasteiger partial charge in [0, 0.05) is 39.6 Å². The van der Waals surface area contributed by atoms with E-state index in [9.17, 15) is 4.79 Å². The number of rotatable bonds is 3. The molecule has 0 spiro atoms. The number of carbonyl (C=O) groups is 1. The molecule has 1 fully saturated rings. The van der Waals surface area contributed by atoms with Gasteiger partial charge in [-0.25, -0.2) is 4.98 Å². The SMILES string of the molecule is CN(C)c1ccc(C(=O)N2CCC[C@@H](n3ccnc3)C2)nn1. The molecule has 0 saturated carbocycles. The van der Waals surface area contributed by atoms with E-state index >= 15 is 0 Å². The van der Waals surface area contributed by atoms with Gasteiger partial charge in [0.1, 0.15) is 0 Å². The molecule has 1 aliphatic rings. The zero-order chi connectivity index (χ0) is 15.5. The minimum absolute atomic E-state index is 0.0531. The van der Waals surface area contributed by atoms with Gasteiger partial charge < -0.3 is 14.4 Å². The van der Waals surface area contributed by atoms with E-state index < -0.39 is 0 Å². The summed E-state index contributed by atoms with van der Waals surface area (Å²) in [6.07, 6.45) is 7.57. The van der Waals surface area contributed by atoms with Crippen LogP contribution in [-0.4, -0.2) is 57.7 Å². The fraction of sp³-hybridized carbons (Fsp3) is 0.467. The van der Waals surface area contributed by atoms with Crippen LogP contribution in [0.25, 0.3) is 0 Å². The number of hydrogen-bond acceptors (Lipinski definition) is 5. The van der Waals surface area contributed by atoms with Crippen molar-refractivity contribution in [3.63, 3.8) is 0 Å². The molecule has 0 N–H and O–H groups in total. The van der Waals surface area contributed by atoms with E-state index in [0.717, 1.165) is 25.2 Å². The van der Waals surface area contributed by atoms with Crippen molar-refractivity contribution in [3.05, 3.63) is 36.5 Å². The lowest BCUT2D eigenvalue weighted by Crippen LogP contribution is -2.41. The summed E-state index contributed by atoms with van der Waals surface area (Å²) in [5, 5.41) is 8.14. The topological polar surface area (TPSA) is 67.2 Å². The zero-order valence-electron chi connectivity index (χ0n) is 12.9. The Balaban J connectivity index is 1.71. The predicted octanol–water partition coefficient (Wildman–Crippen LogP) is 1.22. The zero-order valence-corrected chi connectivity index (χ0v) is 12.9. The van der Waals surface area contributed by atoms with Gasteiger partial charge in [-0.05, 0) is 25.0 Å². The molecular weight excluding hydrogens is 280 g/mol. The number of likely N-dealkylation sites (tertiary alicyclic amines) is 1. The first-order valence-corrected chi connectivity index (χ1v) is 7.43. The lowest BCUT2D eigenvalue weighted by Gasteiger charge is -2.33. The second-order valence-corrected chi connectivity index (χ2v) is 5.73. The summed E-state index contributed by atoms with van der Waals surface area (Å²) < 4.78 is 2.07. The van der Waals surface area contributed by atoms with Crippen LogP contribution >= 0.6 is 0 Å². The van der Waals surface area contributed by atoms with Crippen LogP contribution in [0.15, 0.2) is 30.9 Å². The number of piperidine rings is 1. The number of imidazole rings is 1. The van der Waals surface area contributed by atoms with E-state index in [0.29, 0.717) is 12.2 Å². The average molecular weight is 300 g/mol. The molecule has 3 heterocycles. The molecule has 116 valence electrons. The van der Waals surface area contributed by atoms with Gasteiger partial charge in [0.25, 0.3) is 5.91 Å². The molecule has 0 radical (unpaired) electrons. The van der Waals surface area contributed by atoms with Crippen LogP contribution in [0.4, 0.5) is 5.82 Å². The number of aromatic nitrogens is 4. The van der Waals surface area contributed by atoms with Crippen molar-refractivity contribution in [2.24, 2.45) is 0 Å². The Morgan fingerprint density at radius 3 is 2.82 bits per heavy atom. The number of carbonyl (C=O) groups excluding carboxylic acids is 1. The third-order valence-corrected chi connectivity index (χ3v) is 3.96. The summed E-state index contributed by atoms with van der Waals surface area (Å²) in [4.78, 5) is 20.4. The van der Waals surface area contributed by atoms with Crippen molar-refractivity contribution in [3.8, 4) is 0 Å². The smallest absolute Gasteiger partial charge is 0.274 e. The fourth-order valence-electron chi connectivity index (χ4n) is 2.71. The Kier molecular flexibility index (Phi) is 4.04. The first-order valence-electron chi connectivity index (χ1n) is 7.43. The number of amides is 1. The highest BCUT2D eigenvalue weighted by atomic mass is 16.2. The molecule has 3 rings (SSSR count).